The van der Waals surface area contributed by atoms with E-state index in [0.29, 0.717) is 0 Å². The van der Waals surface area contributed by atoms with Gasteiger partial charge in [-0.3, -0.25) is 0 Å². The molecule has 0 unspecified atom stereocenters. The molecule has 0 bridgehead atoms. The zero-order valence-electron chi connectivity index (χ0n) is 30.1. The molecule has 0 aromatic heterocycles. The molecule has 0 spiro atoms. The maximum atomic E-state index is 9.22. The van der Waals surface area contributed by atoms with Gasteiger partial charge in [0.15, 0.2) is 0 Å². The van der Waals surface area contributed by atoms with Crippen molar-refractivity contribution in [1.82, 2.24) is 5.32 Å². The third kappa shape index (κ3) is 26.8. The Labute approximate surface area is 280 Å². The molecule has 0 aromatic carbocycles. The molecular formula is C30H76N4O8Si3. The Balaban J connectivity index is -0.000000592. The fraction of sp³-hybridized carbons (Fsp3) is 1.00. The van der Waals surface area contributed by atoms with E-state index in [1.807, 2.05) is 13.8 Å². The molecule has 0 saturated heterocycles. The molecule has 45 heavy (non-hydrogen) atoms. The number of nitrogens with one attached hydrogen (secondary N) is 1. The highest BCUT2D eigenvalue weighted by Gasteiger charge is 2.35. The average Bonchev–Trinajstić information content (AvgIpc) is 3.06. The van der Waals surface area contributed by atoms with E-state index in [9.17, 15) is 15.3 Å². The van der Waals surface area contributed by atoms with Gasteiger partial charge in [-0.25, -0.2) is 0 Å². The first kappa shape index (κ1) is 49.6. The smallest absolute Gasteiger partial charge is 0.363 e. The van der Waals surface area contributed by atoms with Crippen LogP contribution in [-0.4, -0.2) is 127 Å². The van der Waals surface area contributed by atoms with Crippen molar-refractivity contribution >= 4 is 25.4 Å². The second kappa shape index (κ2) is 35.5. The summed E-state index contributed by atoms with van der Waals surface area (Å²) in [6.07, 6.45) is 11.0. The molecule has 12 nitrogen and oxygen atoms in total. The van der Waals surface area contributed by atoms with Crippen molar-refractivity contribution in [2.24, 2.45) is 17.2 Å². The molecule has 0 rings (SSSR count). The van der Waals surface area contributed by atoms with Crippen LogP contribution in [0.4, 0.5) is 0 Å². The van der Waals surface area contributed by atoms with Gasteiger partial charge in [0.2, 0.25) is 8.32 Å². The number of nitrogens with two attached hydrogens (primary N) is 3. The summed E-state index contributed by atoms with van der Waals surface area (Å²) in [4.78, 5) is 0. The Morgan fingerprint density at radius 1 is 0.511 bits per heavy atom. The largest absolute Gasteiger partial charge is 0.415 e. The molecule has 0 aromatic rings. The van der Waals surface area contributed by atoms with Gasteiger partial charge in [-0.05, 0) is 103 Å². The van der Waals surface area contributed by atoms with Crippen molar-refractivity contribution in [3.8, 4) is 0 Å². The second-order valence-corrected chi connectivity index (χ2v) is 22.0. The Morgan fingerprint density at radius 3 is 1.42 bits per heavy atom. The molecule has 0 aliphatic rings. The summed E-state index contributed by atoms with van der Waals surface area (Å²) in [6, 6.07) is 3.79. The molecule has 0 radical (unpaired) electrons. The predicted molar refractivity (Wildman–Crippen MR) is 194 cm³/mol. The number of unbranched alkanes of at least 4 members (excludes halogenated alkanes) is 5. The molecule has 0 saturated carbocycles. The Bertz CT molecular complexity index is 552. The fourth-order valence-electron chi connectivity index (χ4n) is 4.79. The molecule has 276 valence electrons. The minimum absolute atomic E-state index is 0.00347. The topological polar surface area (TPSA) is 197 Å². The Morgan fingerprint density at radius 2 is 1.00 bits per heavy atom. The minimum Gasteiger partial charge on any atom is -0.415 e. The van der Waals surface area contributed by atoms with Crippen LogP contribution in [0.15, 0.2) is 0 Å². The first-order valence-corrected chi connectivity index (χ1v) is 24.3. The lowest BCUT2D eigenvalue weighted by Crippen LogP contribution is -2.46. The van der Waals surface area contributed by atoms with Crippen LogP contribution in [0.5, 0.6) is 0 Å². The van der Waals surface area contributed by atoms with Gasteiger partial charge in [0.25, 0.3) is 0 Å². The molecule has 0 fully saturated rings. The van der Waals surface area contributed by atoms with Gasteiger partial charge in [-0.2, -0.15) is 0 Å². The molecule has 15 heteroatoms. The van der Waals surface area contributed by atoms with E-state index in [1.54, 1.807) is 21.3 Å². The van der Waals surface area contributed by atoms with Gasteiger partial charge in [0.1, 0.15) is 0 Å². The van der Waals surface area contributed by atoms with Gasteiger partial charge >= 0.3 is 17.1 Å². The van der Waals surface area contributed by atoms with Crippen LogP contribution < -0.4 is 22.5 Å². The number of rotatable bonds is 30. The molecular weight excluding hydrogens is 629 g/mol. The number of hydrogen-bond acceptors (Lipinski definition) is 12. The minimum atomic E-state index is -2.25. The number of aliphatic hydroxyl groups is 3. The molecule has 10 N–H and O–H groups in total. The Hall–Kier alpha value is 0.171. The number of aliphatic hydroxyl groups excluding tert-OH is 3. The van der Waals surface area contributed by atoms with Crippen molar-refractivity contribution in [3.63, 3.8) is 0 Å². The summed E-state index contributed by atoms with van der Waals surface area (Å²) in [6.45, 7) is 12.0. The van der Waals surface area contributed by atoms with Gasteiger partial charge in [0, 0.05) is 34.5 Å². The van der Waals surface area contributed by atoms with Crippen molar-refractivity contribution in [1.29, 1.82) is 0 Å². The van der Waals surface area contributed by atoms with Gasteiger partial charge in [-0.15, -0.1) is 0 Å². The quantitative estimate of drug-likeness (QED) is 0.0427. The summed E-state index contributed by atoms with van der Waals surface area (Å²) in [5.41, 5.74) is 16.3. The van der Waals surface area contributed by atoms with E-state index in [2.05, 4.69) is 12.2 Å². The van der Waals surface area contributed by atoms with E-state index in [-0.39, 0.29) is 18.7 Å². The molecule has 0 amide bonds. The molecule has 0 heterocycles. The lowest BCUT2D eigenvalue weighted by molar-refractivity contribution is 0.181. The van der Waals surface area contributed by atoms with Crippen LogP contribution in [0.25, 0.3) is 0 Å². The van der Waals surface area contributed by atoms with Gasteiger partial charge in [0.05, 0.1) is 18.7 Å². The monoisotopic (exact) mass is 704 g/mol. The van der Waals surface area contributed by atoms with E-state index in [4.69, 9.17) is 39.3 Å². The molecule has 0 aliphatic carbocycles. The zero-order valence-corrected chi connectivity index (χ0v) is 33.1. The Kier molecular flexibility index (Phi) is 39.1. The third-order valence-corrected chi connectivity index (χ3v) is 18.1. The van der Waals surface area contributed by atoms with Crippen LogP contribution in [0.3, 0.4) is 0 Å². The lowest BCUT2D eigenvalue weighted by Gasteiger charge is -2.29. The zero-order chi connectivity index (χ0) is 34.7. The lowest BCUT2D eigenvalue weighted by atomic mass is 10.2. The SMILES string of the molecule is CCC[Si](CCCN)(OCC)OCC.CO[Si](CO)(CCCCCCN)OC.CO[Si](CO)(CO)CCCNCCCCCN. The first-order valence-electron chi connectivity index (χ1n) is 17.3. The first-order chi connectivity index (χ1) is 21.7. The van der Waals surface area contributed by atoms with E-state index in [1.165, 1.54) is 6.42 Å². The van der Waals surface area contributed by atoms with Crippen LogP contribution >= 0.6 is 0 Å². The molecule has 0 aliphatic heterocycles. The highest BCUT2D eigenvalue weighted by molar-refractivity contribution is 6.73. The normalized spacial score (nSPS) is 12.0. The van der Waals surface area contributed by atoms with E-state index < -0.39 is 25.4 Å². The third-order valence-electron chi connectivity index (χ3n) is 7.76. The fourth-order valence-corrected chi connectivity index (χ4v) is 11.7. The summed E-state index contributed by atoms with van der Waals surface area (Å²) < 4.78 is 27.6. The van der Waals surface area contributed by atoms with Gasteiger partial charge in [-0.1, -0.05) is 39.0 Å². The average molecular weight is 705 g/mol. The summed E-state index contributed by atoms with van der Waals surface area (Å²) in [5, 5.41) is 31.0. The van der Waals surface area contributed by atoms with Crippen LogP contribution in [-0.2, 0) is 22.1 Å². The highest BCUT2D eigenvalue weighted by atomic mass is 28.4. The van der Waals surface area contributed by atoms with Crippen LogP contribution in [0.2, 0.25) is 24.2 Å². The highest BCUT2D eigenvalue weighted by Crippen LogP contribution is 2.22. The van der Waals surface area contributed by atoms with Crippen LogP contribution in [0.1, 0.15) is 85.0 Å². The molecule has 0 atom stereocenters. The predicted octanol–water partition coefficient (Wildman–Crippen LogP) is 2.78. The maximum Gasteiger partial charge on any atom is 0.363 e. The van der Waals surface area contributed by atoms with Gasteiger partial charge < -0.3 is 60.0 Å². The van der Waals surface area contributed by atoms with Crippen molar-refractivity contribution in [2.75, 3.05) is 86.0 Å². The van der Waals surface area contributed by atoms with Crippen LogP contribution in [0, 0.1) is 0 Å². The summed E-state index contributed by atoms with van der Waals surface area (Å²) >= 11 is 0. The standard InChI is InChI=1S/C11H28N2O3Si.C10H25NO2Si.C9H23NO3Si/c1-16-17(10-14,11-15)9-5-8-13-7-4-2-3-6-12;1-4-9-14(12-5-2,13-6-3)10-7-8-11;1-12-14(9-11,13-2)8-6-4-3-5-7-10/h13-15H,2-12H2,1H3;4-11H2,1-3H3;11H,3-10H2,1-2H3. The second-order valence-electron chi connectivity index (χ2n) is 11.3. The van der Waals surface area contributed by atoms with Crippen molar-refractivity contribution < 1.29 is 37.4 Å². The van der Waals surface area contributed by atoms with Crippen molar-refractivity contribution in [3.05, 3.63) is 0 Å². The summed E-state index contributed by atoms with van der Waals surface area (Å²) in [5.74, 6) is 0. The number of hydrogen-bond donors (Lipinski definition) is 7. The maximum absolute atomic E-state index is 9.22. The van der Waals surface area contributed by atoms with E-state index >= 15 is 0 Å². The van der Waals surface area contributed by atoms with E-state index in [0.717, 1.165) is 128 Å². The van der Waals surface area contributed by atoms with Crippen molar-refractivity contribution in [2.45, 2.75) is 109 Å². The summed E-state index contributed by atoms with van der Waals surface area (Å²) in [7, 11) is -1.58.